The first-order chi connectivity index (χ1) is 12.0. The van der Waals surface area contributed by atoms with Crippen LogP contribution < -0.4 is 4.90 Å². The Hall–Kier alpha value is -2.01. The molecule has 25 heavy (non-hydrogen) atoms. The molecule has 1 N–H and O–H groups in total. The van der Waals surface area contributed by atoms with Gasteiger partial charge in [0.15, 0.2) is 0 Å². The zero-order valence-electron chi connectivity index (χ0n) is 14.6. The minimum absolute atomic E-state index is 0.00437. The van der Waals surface area contributed by atoms with Gasteiger partial charge in [-0.3, -0.25) is 4.79 Å². The number of anilines is 1. The Labute approximate surface area is 157 Å². The van der Waals surface area contributed by atoms with Crippen LogP contribution in [-0.4, -0.2) is 36.1 Å². The molecule has 0 spiro atoms. The van der Waals surface area contributed by atoms with E-state index in [9.17, 15) is 9.90 Å². The SMILES string of the molecule is Cc1cc(Br)c(O)c(C(=O)N(C)Cc2ccccc2N2CCCC2)c1. The minimum Gasteiger partial charge on any atom is -0.506 e. The summed E-state index contributed by atoms with van der Waals surface area (Å²) >= 11 is 3.31. The average molecular weight is 403 g/mol. The molecule has 1 aliphatic rings. The second kappa shape index (κ2) is 7.48. The van der Waals surface area contributed by atoms with Crippen LogP contribution in [0, 0.1) is 6.92 Å². The van der Waals surface area contributed by atoms with Gasteiger partial charge in [-0.1, -0.05) is 18.2 Å². The second-order valence-corrected chi connectivity index (χ2v) is 7.48. The smallest absolute Gasteiger partial charge is 0.257 e. The highest BCUT2D eigenvalue weighted by molar-refractivity contribution is 9.10. The van der Waals surface area contributed by atoms with Gasteiger partial charge in [0.25, 0.3) is 5.91 Å². The Bertz CT molecular complexity index is 785. The first-order valence-electron chi connectivity index (χ1n) is 8.55. The Kier molecular flexibility index (Phi) is 5.33. The van der Waals surface area contributed by atoms with E-state index in [4.69, 9.17) is 0 Å². The van der Waals surface area contributed by atoms with Crippen LogP contribution in [0.4, 0.5) is 5.69 Å². The molecule has 0 aliphatic carbocycles. The molecular weight excluding hydrogens is 380 g/mol. The van der Waals surface area contributed by atoms with Gasteiger partial charge in [-0.2, -0.15) is 0 Å². The van der Waals surface area contributed by atoms with Gasteiger partial charge in [-0.15, -0.1) is 0 Å². The first-order valence-corrected chi connectivity index (χ1v) is 9.34. The number of benzene rings is 2. The Morgan fingerprint density at radius 2 is 1.92 bits per heavy atom. The van der Waals surface area contributed by atoms with Gasteiger partial charge >= 0.3 is 0 Å². The van der Waals surface area contributed by atoms with E-state index >= 15 is 0 Å². The lowest BCUT2D eigenvalue weighted by molar-refractivity contribution is 0.0782. The molecule has 0 atom stereocenters. The highest BCUT2D eigenvalue weighted by Crippen LogP contribution is 2.31. The summed E-state index contributed by atoms with van der Waals surface area (Å²) in [5.74, 6) is -0.187. The molecule has 0 bridgehead atoms. The lowest BCUT2D eigenvalue weighted by Gasteiger charge is -2.25. The standard InChI is InChI=1S/C20H23BrN2O2/c1-14-11-16(19(24)17(21)12-14)20(25)22(2)13-15-7-3-4-8-18(15)23-9-5-6-10-23/h3-4,7-8,11-12,24H,5-6,9-10,13H2,1-2H3. The summed E-state index contributed by atoms with van der Waals surface area (Å²) in [6.45, 7) is 4.56. The summed E-state index contributed by atoms with van der Waals surface area (Å²) in [6, 6.07) is 11.8. The van der Waals surface area contributed by atoms with Gasteiger partial charge in [0, 0.05) is 32.4 Å². The van der Waals surface area contributed by atoms with Crippen molar-refractivity contribution in [2.24, 2.45) is 0 Å². The van der Waals surface area contributed by atoms with Crippen LogP contribution in [0.15, 0.2) is 40.9 Å². The molecule has 0 aromatic heterocycles. The molecule has 0 unspecified atom stereocenters. The highest BCUT2D eigenvalue weighted by atomic mass is 79.9. The van der Waals surface area contributed by atoms with Gasteiger partial charge in [0.05, 0.1) is 10.0 Å². The molecule has 3 rings (SSSR count). The molecule has 1 fully saturated rings. The highest BCUT2D eigenvalue weighted by Gasteiger charge is 2.21. The van der Waals surface area contributed by atoms with Crippen molar-refractivity contribution in [1.29, 1.82) is 0 Å². The summed E-state index contributed by atoms with van der Waals surface area (Å²) in [5.41, 5.74) is 3.59. The number of phenols is 1. The normalized spacial score (nSPS) is 14.0. The van der Waals surface area contributed by atoms with Gasteiger partial charge in [-0.25, -0.2) is 0 Å². The molecule has 1 amide bonds. The van der Waals surface area contributed by atoms with Crippen molar-refractivity contribution in [3.05, 3.63) is 57.6 Å². The third-order valence-corrected chi connectivity index (χ3v) is 5.24. The number of hydrogen-bond acceptors (Lipinski definition) is 3. The maximum atomic E-state index is 12.8. The van der Waals surface area contributed by atoms with E-state index in [-0.39, 0.29) is 11.7 Å². The first kappa shape index (κ1) is 17.8. The number of hydrogen-bond donors (Lipinski definition) is 1. The number of aromatic hydroxyl groups is 1. The van der Waals surface area contributed by atoms with Crippen LogP contribution in [0.3, 0.4) is 0 Å². The maximum absolute atomic E-state index is 12.8. The van der Waals surface area contributed by atoms with Crippen LogP contribution in [0.2, 0.25) is 0 Å². The van der Waals surface area contributed by atoms with Crippen LogP contribution in [0.5, 0.6) is 5.75 Å². The van der Waals surface area contributed by atoms with Crippen molar-refractivity contribution < 1.29 is 9.90 Å². The lowest BCUT2D eigenvalue weighted by Crippen LogP contribution is -2.28. The number of carbonyl (C=O) groups is 1. The quantitative estimate of drug-likeness (QED) is 0.826. The lowest BCUT2D eigenvalue weighted by atomic mass is 10.1. The van der Waals surface area contributed by atoms with E-state index in [1.165, 1.54) is 18.5 Å². The van der Waals surface area contributed by atoms with Gasteiger partial charge in [0.1, 0.15) is 5.75 Å². The van der Waals surface area contributed by atoms with Crippen molar-refractivity contribution >= 4 is 27.5 Å². The molecule has 2 aromatic carbocycles. The number of halogens is 1. The number of para-hydroxylation sites is 1. The van der Waals surface area contributed by atoms with Crippen molar-refractivity contribution in [2.75, 3.05) is 25.0 Å². The summed E-state index contributed by atoms with van der Waals surface area (Å²) in [5, 5.41) is 10.2. The molecule has 2 aromatic rings. The zero-order chi connectivity index (χ0) is 18.0. The monoisotopic (exact) mass is 402 g/mol. The number of phenolic OH excluding ortho intramolecular Hbond substituents is 1. The molecular formula is C20H23BrN2O2. The second-order valence-electron chi connectivity index (χ2n) is 6.63. The number of nitrogens with zero attached hydrogens (tertiary/aromatic N) is 2. The maximum Gasteiger partial charge on any atom is 0.257 e. The third-order valence-electron chi connectivity index (χ3n) is 4.63. The average Bonchev–Trinajstić information content (AvgIpc) is 3.12. The molecule has 0 saturated carbocycles. The summed E-state index contributed by atoms with van der Waals surface area (Å²) in [6.07, 6.45) is 2.43. The van der Waals surface area contributed by atoms with Gasteiger partial charge in [-0.05, 0) is 65.0 Å². The van der Waals surface area contributed by atoms with Crippen LogP contribution >= 0.6 is 15.9 Å². The number of amides is 1. The zero-order valence-corrected chi connectivity index (χ0v) is 16.2. The molecule has 1 heterocycles. The van der Waals surface area contributed by atoms with Crippen molar-refractivity contribution in [3.8, 4) is 5.75 Å². The van der Waals surface area contributed by atoms with E-state index < -0.39 is 0 Å². The molecule has 5 heteroatoms. The third kappa shape index (κ3) is 3.82. The van der Waals surface area contributed by atoms with Crippen molar-refractivity contribution in [3.63, 3.8) is 0 Å². The fourth-order valence-electron chi connectivity index (χ4n) is 3.34. The Morgan fingerprint density at radius 1 is 1.24 bits per heavy atom. The Morgan fingerprint density at radius 3 is 2.64 bits per heavy atom. The topological polar surface area (TPSA) is 43.8 Å². The van der Waals surface area contributed by atoms with Crippen molar-refractivity contribution in [2.45, 2.75) is 26.3 Å². The number of rotatable bonds is 4. The fraction of sp³-hybridized carbons (Fsp3) is 0.350. The number of carbonyl (C=O) groups excluding carboxylic acids is 1. The van der Waals surface area contributed by atoms with E-state index in [0.717, 1.165) is 24.2 Å². The van der Waals surface area contributed by atoms with E-state index in [1.807, 2.05) is 19.1 Å². The van der Waals surface area contributed by atoms with Gasteiger partial charge < -0.3 is 14.9 Å². The van der Waals surface area contributed by atoms with Crippen molar-refractivity contribution in [1.82, 2.24) is 4.90 Å². The summed E-state index contributed by atoms with van der Waals surface area (Å²) in [7, 11) is 1.78. The number of aryl methyl sites for hydroxylation is 1. The Balaban J connectivity index is 1.83. The summed E-state index contributed by atoms with van der Waals surface area (Å²) in [4.78, 5) is 16.9. The van der Waals surface area contributed by atoms with Gasteiger partial charge in [0.2, 0.25) is 0 Å². The van der Waals surface area contributed by atoms with E-state index in [2.05, 4.69) is 33.0 Å². The van der Waals surface area contributed by atoms with Crippen LogP contribution in [-0.2, 0) is 6.54 Å². The van der Waals surface area contributed by atoms with E-state index in [0.29, 0.717) is 16.6 Å². The molecule has 1 aliphatic heterocycles. The van der Waals surface area contributed by atoms with Crippen LogP contribution in [0.1, 0.15) is 34.3 Å². The molecule has 1 saturated heterocycles. The minimum atomic E-state index is -0.182. The summed E-state index contributed by atoms with van der Waals surface area (Å²) < 4.78 is 0.543. The molecule has 4 nitrogen and oxygen atoms in total. The fourth-order valence-corrected chi connectivity index (χ4v) is 3.92. The predicted octanol–water partition coefficient (Wildman–Crippen LogP) is 4.34. The van der Waals surface area contributed by atoms with Crippen LogP contribution in [0.25, 0.3) is 0 Å². The largest absolute Gasteiger partial charge is 0.506 e. The predicted molar refractivity (Wildman–Crippen MR) is 104 cm³/mol. The van der Waals surface area contributed by atoms with E-state index in [1.54, 1.807) is 24.1 Å². The molecule has 132 valence electrons. The molecule has 0 radical (unpaired) electrons.